The molecule has 3 N–H and O–H groups in total. The average molecular weight is 214 g/mol. The van der Waals surface area contributed by atoms with Gasteiger partial charge in [0.25, 0.3) is 0 Å². The molecule has 0 aliphatic heterocycles. The molecule has 0 atom stereocenters. The predicted molar refractivity (Wildman–Crippen MR) is 64.7 cm³/mol. The molecule has 0 heterocycles. The third kappa shape index (κ3) is 3.84. The fraction of sp³-hybridized carbons (Fsp3) is 0.167. The van der Waals surface area contributed by atoms with Crippen molar-refractivity contribution in [2.24, 2.45) is 10.7 Å². The molecule has 0 spiro atoms. The number of nitrogens with zero attached hydrogens (tertiary/aromatic N) is 2. The molecule has 0 fully saturated rings. The van der Waals surface area contributed by atoms with Gasteiger partial charge in [0.05, 0.1) is 18.2 Å². The van der Waals surface area contributed by atoms with Crippen molar-refractivity contribution in [3.8, 4) is 6.07 Å². The number of nitriles is 1. The van der Waals surface area contributed by atoms with E-state index in [-0.39, 0.29) is 0 Å². The van der Waals surface area contributed by atoms with E-state index in [9.17, 15) is 0 Å². The van der Waals surface area contributed by atoms with E-state index in [2.05, 4.69) is 23.0 Å². The van der Waals surface area contributed by atoms with Gasteiger partial charge in [0, 0.05) is 6.54 Å². The molecule has 0 aliphatic rings. The topological polar surface area (TPSA) is 74.2 Å². The summed E-state index contributed by atoms with van der Waals surface area (Å²) in [5, 5.41) is 11.6. The Labute approximate surface area is 95.1 Å². The summed E-state index contributed by atoms with van der Waals surface area (Å²) in [6.07, 6.45) is 1.71. The van der Waals surface area contributed by atoms with Crippen LogP contribution in [0.1, 0.15) is 11.1 Å². The molecule has 0 aromatic heterocycles. The van der Waals surface area contributed by atoms with Gasteiger partial charge in [0.1, 0.15) is 0 Å². The van der Waals surface area contributed by atoms with Gasteiger partial charge in [-0.1, -0.05) is 18.2 Å². The lowest BCUT2D eigenvalue weighted by molar-refractivity contribution is 0.970. The summed E-state index contributed by atoms with van der Waals surface area (Å²) in [4.78, 5) is 4.13. The second kappa shape index (κ2) is 6.25. The van der Waals surface area contributed by atoms with Gasteiger partial charge in [-0.15, -0.1) is 6.58 Å². The van der Waals surface area contributed by atoms with Crippen molar-refractivity contribution in [3.63, 3.8) is 0 Å². The Balaban J connectivity index is 2.60. The van der Waals surface area contributed by atoms with Gasteiger partial charge in [-0.2, -0.15) is 5.26 Å². The maximum Gasteiger partial charge on any atom is 0.189 e. The quantitative estimate of drug-likeness (QED) is 0.448. The number of hydrogen-bond donors (Lipinski definition) is 2. The summed E-state index contributed by atoms with van der Waals surface area (Å²) in [5.41, 5.74) is 7.19. The lowest BCUT2D eigenvalue weighted by Gasteiger charge is -2.02. The molecule has 0 saturated carbocycles. The zero-order valence-corrected chi connectivity index (χ0v) is 8.98. The Bertz CT molecular complexity index is 429. The van der Waals surface area contributed by atoms with E-state index in [1.807, 2.05) is 12.1 Å². The van der Waals surface area contributed by atoms with Crippen molar-refractivity contribution < 1.29 is 0 Å². The summed E-state index contributed by atoms with van der Waals surface area (Å²) in [6.45, 7) is 4.62. The van der Waals surface area contributed by atoms with E-state index < -0.39 is 0 Å². The first-order valence-electron chi connectivity index (χ1n) is 4.90. The van der Waals surface area contributed by atoms with Gasteiger partial charge < -0.3 is 11.1 Å². The van der Waals surface area contributed by atoms with E-state index in [1.165, 1.54) is 0 Å². The van der Waals surface area contributed by atoms with Crippen LogP contribution in [0, 0.1) is 11.3 Å². The van der Waals surface area contributed by atoms with Crippen LogP contribution in [0.2, 0.25) is 0 Å². The minimum atomic E-state index is 0.377. The number of nitrogens with one attached hydrogen (secondary N) is 1. The number of aliphatic imine (C=N–C) groups is 1. The molecule has 0 unspecified atom stereocenters. The number of benzene rings is 1. The van der Waals surface area contributed by atoms with Crippen LogP contribution in [0.25, 0.3) is 0 Å². The first kappa shape index (κ1) is 11.8. The van der Waals surface area contributed by atoms with Crippen molar-refractivity contribution >= 4 is 5.96 Å². The minimum Gasteiger partial charge on any atom is -0.370 e. The normalized spacial score (nSPS) is 10.6. The smallest absolute Gasteiger partial charge is 0.189 e. The van der Waals surface area contributed by atoms with Gasteiger partial charge in [-0.3, -0.25) is 0 Å². The van der Waals surface area contributed by atoms with Crippen LogP contribution < -0.4 is 11.1 Å². The number of rotatable bonds is 4. The highest BCUT2D eigenvalue weighted by Gasteiger charge is 1.94. The Hall–Kier alpha value is -2.28. The van der Waals surface area contributed by atoms with E-state index in [1.54, 1.807) is 18.2 Å². The molecule has 82 valence electrons. The molecular formula is C12H14N4. The van der Waals surface area contributed by atoms with Crippen molar-refractivity contribution in [2.75, 3.05) is 6.54 Å². The summed E-state index contributed by atoms with van der Waals surface area (Å²) in [7, 11) is 0. The highest BCUT2D eigenvalue weighted by atomic mass is 15.1. The molecular weight excluding hydrogens is 200 g/mol. The van der Waals surface area contributed by atoms with Crippen LogP contribution in [-0.2, 0) is 6.54 Å². The Morgan fingerprint density at radius 3 is 3.12 bits per heavy atom. The molecule has 4 nitrogen and oxygen atoms in total. The second-order valence-electron chi connectivity index (χ2n) is 3.18. The van der Waals surface area contributed by atoms with Crippen molar-refractivity contribution in [1.29, 1.82) is 5.26 Å². The van der Waals surface area contributed by atoms with Crippen molar-refractivity contribution in [2.45, 2.75) is 6.54 Å². The van der Waals surface area contributed by atoms with Crippen LogP contribution in [-0.4, -0.2) is 12.5 Å². The molecule has 0 radical (unpaired) electrons. The van der Waals surface area contributed by atoms with E-state index in [0.717, 1.165) is 5.56 Å². The van der Waals surface area contributed by atoms with Crippen molar-refractivity contribution in [1.82, 2.24) is 5.32 Å². The molecule has 1 rings (SSSR count). The molecule has 16 heavy (non-hydrogen) atoms. The van der Waals surface area contributed by atoms with Gasteiger partial charge in [0.15, 0.2) is 5.96 Å². The highest BCUT2D eigenvalue weighted by molar-refractivity contribution is 5.77. The highest BCUT2D eigenvalue weighted by Crippen LogP contribution is 2.04. The maximum atomic E-state index is 8.72. The molecule has 1 aromatic rings. The molecule has 4 heteroatoms. The third-order valence-electron chi connectivity index (χ3n) is 1.92. The van der Waals surface area contributed by atoms with E-state index >= 15 is 0 Å². The van der Waals surface area contributed by atoms with Gasteiger partial charge in [-0.05, 0) is 17.7 Å². The largest absolute Gasteiger partial charge is 0.370 e. The Morgan fingerprint density at radius 2 is 2.44 bits per heavy atom. The predicted octanol–water partition coefficient (Wildman–Crippen LogP) is 1.15. The molecule has 0 amide bonds. The Morgan fingerprint density at radius 1 is 1.62 bits per heavy atom. The number of hydrogen-bond acceptors (Lipinski definition) is 2. The Kier molecular flexibility index (Phi) is 4.61. The number of guanidine groups is 1. The minimum absolute atomic E-state index is 0.377. The second-order valence-corrected chi connectivity index (χ2v) is 3.18. The van der Waals surface area contributed by atoms with Crippen LogP contribution in [0.15, 0.2) is 41.9 Å². The standard InChI is InChI=1S/C12H14N4/c1-2-6-15-12(14)16-9-11-5-3-4-10(7-11)8-13/h2-5,7H,1,6,9H2,(H3,14,15,16). The first-order valence-corrected chi connectivity index (χ1v) is 4.90. The lowest BCUT2D eigenvalue weighted by atomic mass is 10.1. The maximum absolute atomic E-state index is 8.72. The summed E-state index contributed by atoms with van der Waals surface area (Å²) in [6, 6.07) is 9.37. The third-order valence-corrected chi connectivity index (χ3v) is 1.92. The fourth-order valence-electron chi connectivity index (χ4n) is 1.15. The van der Waals surface area contributed by atoms with Gasteiger partial charge >= 0.3 is 0 Å². The first-order chi connectivity index (χ1) is 7.76. The van der Waals surface area contributed by atoms with E-state index in [0.29, 0.717) is 24.6 Å². The molecule has 0 aliphatic carbocycles. The summed E-state index contributed by atoms with van der Waals surface area (Å²) in [5.74, 6) is 0.377. The van der Waals surface area contributed by atoms with Crippen molar-refractivity contribution in [3.05, 3.63) is 48.0 Å². The summed E-state index contributed by atoms with van der Waals surface area (Å²) >= 11 is 0. The average Bonchev–Trinajstić information content (AvgIpc) is 2.34. The monoisotopic (exact) mass is 214 g/mol. The molecule has 0 bridgehead atoms. The SMILES string of the molecule is C=CCNC(N)=NCc1cccc(C#N)c1. The lowest BCUT2D eigenvalue weighted by Crippen LogP contribution is -2.31. The molecule has 1 aromatic carbocycles. The number of nitrogens with two attached hydrogens (primary N) is 1. The van der Waals surface area contributed by atoms with Crippen LogP contribution >= 0.6 is 0 Å². The summed E-state index contributed by atoms with van der Waals surface area (Å²) < 4.78 is 0. The van der Waals surface area contributed by atoms with Crippen LogP contribution in [0.3, 0.4) is 0 Å². The van der Waals surface area contributed by atoms with E-state index in [4.69, 9.17) is 11.0 Å². The molecule has 0 saturated heterocycles. The fourth-order valence-corrected chi connectivity index (χ4v) is 1.15. The van der Waals surface area contributed by atoms with Gasteiger partial charge in [-0.25, -0.2) is 4.99 Å². The zero-order chi connectivity index (χ0) is 11.8. The van der Waals surface area contributed by atoms with Gasteiger partial charge in [0.2, 0.25) is 0 Å². The van der Waals surface area contributed by atoms with Crippen LogP contribution in [0.5, 0.6) is 0 Å². The zero-order valence-electron chi connectivity index (χ0n) is 8.98. The van der Waals surface area contributed by atoms with Crippen LogP contribution in [0.4, 0.5) is 0 Å².